The Hall–Kier alpha value is -1.03. The number of hydrogen-bond acceptors (Lipinski definition) is 2. The molecule has 1 rings (SSSR count). The van der Waals surface area contributed by atoms with E-state index in [0.29, 0.717) is 6.61 Å². The summed E-state index contributed by atoms with van der Waals surface area (Å²) in [6, 6.07) is 5.91. The number of carboxylic acids is 1. The minimum atomic E-state index is -0.727. The summed E-state index contributed by atoms with van der Waals surface area (Å²) in [6.07, 6.45) is 2.75. The lowest BCUT2D eigenvalue weighted by molar-refractivity contribution is -0.137. The Morgan fingerprint density at radius 2 is 2.12 bits per heavy atom. The van der Waals surface area contributed by atoms with Crippen LogP contribution in [0.4, 0.5) is 0 Å². The molecule has 0 fully saturated rings. The predicted octanol–water partition coefficient (Wildman–Crippen LogP) is 3.78. The van der Waals surface area contributed by atoms with Gasteiger partial charge in [0.1, 0.15) is 5.75 Å². The molecule has 3 nitrogen and oxygen atoms in total. The lowest BCUT2D eigenvalue weighted by atomic mass is 10.2. The van der Waals surface area contributed by atoms with Crippen LogP contribution in [-0.2, 0) is 4.79 Å². The van der Waals surface area contributed by atoms with Crippen LogP contribution in [0, 0.1) is 6.92 Å². The van der Waals surface area contributed by atoms with Crippen molar-refractivity contribution >= 4 is 21.9 Å². The van der Waals surface area contributed by atoms with Crippen LogP contribution in [-0.4, -0.2) is 17.7 Å². The van der Waals surface area contributed by atoms with Crippen molar-refractivity contribution in [2.24, 2.45) is 0 Å². The van der Waals surface area contributed by atoms with E-state index in [1.165, 1.54) is 0 Å². The van der Waals surface area contributed by atoms with Crippen molar-refractivity contribution < 1.29 is 14.6 Å². The molecule has 94 valence electrons. The summed E-state index contributed by atoms with van der Waals surface area (Å²) in [5, 5.41) is 8.47. The first kappa shape index (κ1) is 14.0. The molecule has 4 heteroatoms. The summed E-state index contributed by atoms with van der Waals surface area (Å²) in [5.74, 6) is 0.168. The van der Waals surface area contributed by atoms with E-state index in [0.717, 1.165) is 35.0 Å². The molecule has 0 spiro atoms. The first-order valence-corrected chi connectivity index (χ1v) is 6.49. The van der Waals surface area contributed by atoms with Gasteiger partial charge in [-0.1, -0.05) is 15.9 Å². The summed E-state index contributed by atoms with van der Waals surface area (Å²) in [6.45, 7) is 2.65. The minimum absolute atomic E-state index is 0.247. The smallest absolute Gasteiger partial charge is 0.303 e. The van der Waals surface area contributed by atoms with Gasteiger partial charge in [0.15, 0.2) is 0 Å². The maximum absolute atomic E-state index is 10.3. The highest BCUT2D eigenvalue weighted by atomic mass is 79.9. The van der Waals surface area contributed by atoms with Crippen molar-refractivity contribution in [3.05, 3.63) is 28.2 Å². The second-order valence-corrected chi connectivity index (χ2v) is 4.88. The van der Waals surface area contributed by atoms with Crippen LogP contribution in [0.15, 0.2) is 22.7 Å². The molecule has 0 atom stereocenters. The van der Waals surface area contributed by atoms with E-state index in [1.807, 2.05) is 25.1 Å². The molecule has 17 heavy (non-hydrogen) atoms. The highest BCUT2D eigenvalue weighted by molar-refractivity contribution is 9.10. The van der Waals surface area contributed by atoms with E-state index in [-0.39, 0.29) is 6.42 Å². The van der Waals surface area contributed by atoms with Gasteiger partial charge in [-0.05, 0) is 49.9 Å². The molecule has 0 bridgehead atoms. The summed E-state index contributed by atoms with van der Waals surface area (Å²) < 4.78 is 6.68. The van der Waals surface area contributed by atoms with E-state index in [9.17, 15) is 4.79 Å². The van der Waals surface area contributed by atoms with Gasteiger partial charge in [0.2, 0.25) is 0 Å². The van der Waals surface area contributed by atoms with Crippen LogP contribution in [0.3, 0.4) is 0 Å². The summed E-state index contributed by atoms with van der Waals surface area (Å²) in [5.41, 5.74) is 1.10. The number of rotatable bonds is 7. The normalized spacial score (nSPS) is 10.2. The van der Waals surface area contributed by atoms with Crippen molar-refractivity contribution in [3.63, 3.8) is 0 Å². The standard InChI is InChI=1S/C13H17BrO3/c1-10-9-11(14)6-7-12(10)17-8-4-2-3-5-13(15)16/h6-7,9H,2-5,8H2,1H3,(H,15,16). The molecule has 0 aliphatic heterocycles. The average molecular weight is 301 g/mol. The Morgan fingerprint density at radius 3 is 2.76 bits per heavy atom. The molecule has 0 heterocycles. The SMILES string of the molecule is Cc1cc(Br)ccc1OCCCCCC(=O)O. The highest BCUT2D eigenvalue weighted by Crippen LogP contribution is 2.22. The number of carbonyl (C=O) groups is 1. The van der Waals surface area contributed by atoms with Crippen molar-refractivity contribution in [1.82, 2.24) is 0 Å². The predicted molar refractivity (Wildman–Crippen MR) is 70.5 cm³/mol. The number of hydrogen-bond donors (Lipinski definition) is 1. The van der Waals surface area contributed by atoms with Crippen molar-refractivity contribution in [1.29, 1.82) is 0 Å². The van der Waals surface area contributed by atoms with Gasteiger partial charge in [0, 0.05) is 10.9 Å². The van der Waals surface area contributed by atoms with Gasteiger partial charge in [-0.3, -0.25) is 4.79 Å². The van der Waals surface area contributed by atoms with Gasteiger partial charge in [0.05, 0.1) is 6.61 Å². The van der Waals surface area contributed by atoms with Crippen LogP contribution in [0.1, 0.15) is 31.2 Å². The zero-order chi connectivity index (χ0) is 12.7. The van der Waals surface area contributed by atoms with Crippen molar-refractivity contribution in [2.45, 2.75) is 32.6 Å². The van der Waals surface area contributed by atoms with E-state index < -0.39 is 5.97 Å². The number of unbranched alkanes of at least 4 members (excludes halogenated alkanes) is 2. The van der Waals surface area contributed by atoms with Crippen LogP contribution < -0.4 is 4.74 Å². The lowest BCUT2D eigenvalue weighted by Gasteiger charge is -2.08. The summed E-state index contributed by atoms with van der Waals surface area (Å²) in [4.78, 5) is 10.3. The third kappa shape index (κ3) is 5.73. The van der Waals surface area contributed by atoms with E-state index in [1.54, 1.807) is 0 Å². The second kappa shape index (κ2) is 7.33. The highest BCUT2D eigenvalue weighted by Gasteiger charge is 2.00. The molecule has 1 aromatic rings. The Bertz CT molecular complexity index is 377. The fraction of sp³-hybridized carbons (Fsp3) is 0.462. The van der Waals surface area contributed by atoms with Gasteiger partial charge in [-0.15, -0.1) is 0 Å². The first-order valence-electron chi connectivity index (χ1n) is 5.70. The Labute approximate surface area is 110 Å². The largest absolute Gasteiger partial charge is 0.493 e. The molecule has 1 aromatic carbocycles. The maximum atomic E-state index is 10.3. The molecule has 0 aliphatic carbocycles. The van der Waals surface area contributed by atoms with Crippen molar-refractivity contribution in [3.8, 4) is 5.75 Å². The Kier molecular flexibility index (Phi) is 6.05. The molecule has 0 aliphatic rings. The van der Waals surface area contributed by atoms with E-state index in [2.05, 4.69) is 15.9 Å². The van der Waals surface area contributed by atoms with Crippen LogP contribution in [0.25, 0.3) is 0 Å². The molecular weight excluding hydrogens is 284 g/mol. The van der Waals surface area contributed by atoms with Crippen molar-refractivity contribution in [2.75, 3.05) is 6.61 Å². The molecular formula is C13H17BrO3. The van der Waals surface area contributed by atoms with E-state index in [4.69, 9.17) is 9.84 Å². The lowest BCUT2D eigenvalue weighted by Crippen LogP contribution is -2.00. The number of benzene rings is 1. The maximum Gasteiger partial charge on any atom is 0.303 e. The summed E-state index contributed by atoms with van der Waals surface area (Å²) in [7, 11) is 0. The first-order chi connectivity index (χ1) is 8.09. The minimum Gasteiger partial charge on any atom is -0.493 e. The second-order valence-electron chi connectivity index (χ2n) is 3.96. The molecule has 0 radical (unpaired) electrons. The molecule has 0 saturated heterocycles. The van der Waals surface area contributed by atoms with Crippen LogP contribution in [0.5, 0.6) is 5.75 Å². The van der Waals surface area contributed by atoms with Gasteiger partial charge < -0.3 is 9.84 Å². The molecule has 0 aromatic heterocycles. The van der Waals surface area contributed by atoms with Crippen LogP contribution in [0.2, 0.25) is 0 Å². The zero-order valence-electron chi connectivity index (χ0n) is 9.91. The Morgan fingerprint density at radius 1 is 1.35 bits per heavy atom. The fourth-order valence-electron chi connectivity index (χ4n) is 1.51. The zero-order valence-corrected chi connectivity index (χ0v) is 11.5. The third-order valence-corrected chi connectivity index (χ3v) is 2.92. The van der Waals surface area contributed by atoms with E-state index >= 15 is 0 Å². The molecule has 0 amide bonds. The molecule has 1 N–H and O–H groups in total. The van der Waals surface area contributed by atoms with Gasteiger partial charge in [0.25, 0.3) is 0 Å². The third-order valence-electron chi connectivity index (χ3n) is 2.43. The van der Waals surface area contributed by atoms with Gasteiger partial charge in [-0.25, -0.2) is 0 Å². The van der Waals surface area contributed by atoms with Crippen LogP contribution >= 0.6 is 15.9 Å². The topological polar surface area (TPSA) is 46.5 Å². The number of carboxylic acid groups (broad SMARTS) is 1. The number of aryl methyl sites for hydroxylation is 1. The Balaban J connectivity index is 2.20. The number of ether oxygens (including phenoxy) is 1. The summed E-state index contributed by atoms with van der Waals surface area (Å²) >= 11 is 3.40. The number of aliphatic carboxylic acids is 1. The van der Waals surface area contributed by atoms with Gasteiger partial charge in [-0.2, -0.15) is 0 Å². The van der Waals surface area contributed by atoms with Gasteiger partial charge >= 0.3 is 5.97 Å². The number of halogens is 1. The quantitative estimate of drug-likeness (QED) is 0.780. The monoisotopic (exact) mass is 300 g/mol. The average Bonchev–Trinajstić information content (AvgIpc) is 2.25. The molecule has 0 unspecified atom stereocenters. The molecule has 0 saturated carbocycles. The fourth-order valence-corrected chi connectivity index (χ4v) is 1.99.